The second kappa shape index (κ2) is 5.35. The Morgan fingerprint density at radius 1 is 1.07 bits per heavy atom. The minimum absolute atomic E-state index is 0.292. The summed E-state index contributed by atoms with van der Waals surface area (Å²) in [6.07, 6.45) is 6.36. The molecule has 0 bridgehead atoms. The maximum atomic E-state index is 5.62. The highest BCUT2D eigenvalue weighted by atomic mass is 35.5. The van der Waals surface area contributed by atoms with Gasteiger partial charge in [-0.3, -0.25) is 0 Å². The molecule has 84 valence electrons. The molecule has 0 N–H and O–H groups in total. The molecule has 15 heavy (non-hydrogen) atoms. The van der Waals surface area contributed by atoms with Crippen molar-refractivity contribution >= 4 is 17.6 Å². The van der Waals surface area contributed by atoms with Crippen LogP contribution in [0, 0.1) is 0 Å². The summed E-state index contributed by atoms with van der Waals surface area (Å²) >= 11 is 5.62. The van der Waals surface area contributed by atoms with Gasteiger partial charge in [-0.1, -0.05) is 24.4 Å². The molecule has 1 aliphatic heterocycles. The van der Waals surface area contributed by atoms with Crippen LogP contribution >= 0.6 is 11.6 Å². The van der Waals surface area contributed by atoms with Crippen molar-refractivity contribution in [1.29, 1.82) is 0 Å². The van der Waals surface area contributed by atoms with Crippen molar-refractivity contribution in [3.8, 4) is 0 Å². The fraction of sp³-hybridized carbons (Fsp3) is 0.800. The molecule has 1 aliphatic rings. The van der Waals surface area contributed by atoms with Crippen LogP contribution in [0.3, 0.4) is 0 Å². The zero-order valence-electron chi connectivity index (χ0n) is 8.78. The minimum Gasteiger partial charge on any atom is -0.407 e. The number of hydrogen-bond donors (Lipinski definition) is 0. The lowest BCUT2D eigenvalue weighted by atomic mass is 10.1. The van der Waals surface area contributed by atoms with Gasteiger partial charge in [0.15, 0.2) is 0 Å². The Hall–Kier alpha value is -0.770. The number of rotatable bonds is 2. The van der Waals surface area contributed by atoms with Gasteiger partial charge in [0.25, 0.3) is 0 Å². The van der Waals surface area contributed by atoms with E-state index >= 15 is 0 Å². The van der Waals surface area contributed by atoms with Crippen molar-refractivity contribution in [3.05, 3.63) is 5.89 Å². The third-order valence-corrected chi connectivity index (χ3v) is 2.93. The molecule has 1 fully saturated rings. The monoisotopic (exact) mass is 229 g/mol. The molecule has 0 atom stereocenters. The lowest BCUT2D eigenvalue weighted by Gasteiger charge is -2.22. The van der Waals surface area contributed by atoms with E-state index in [2.05, 4.69) is 15.1 Å². The van der Waals surface area contributed by atoms with Crippen LogP contribution in [-0.4, -0.2) is 23.3 Å². The molecule has 1 aromatic heterocycles. The second-order valence-corrected chi connectivity index (χ2v) is 4.13. The molecule has 0 saturated carbocycles. The molecule has 0 unspecified atom stereocenters. The summed E-state index contributed by atoms with van der Waals surface area (Å²) in [6.45, 7) is 2.04. The first-order valence-corrected chi connectivity index (χ1v) is 6.07. The third kappa shape index (κ3) is 2.84. The van der Waals surface area contributed by atoms with E-state index < -0.39 is 0 Å². The van der Waals surface area contributed by atoms with Crippen molar-refractivity contribution < 1.29 is 4.42 Å². The van der Waals surface area contributed by atoms with Gasteiger partial charge in [0.05, 0.1) is 0 Å². The molecular formula is C10H16ClN3O. The topological polar surface area (TPSA) is 42.2 Å². The average Bonchev–Trinajstić information content (AvgIpc) is 2.65. The quantitative estimate of drug-likeness (QED) is 0.731. The van der Waals surface area contributed by atoms with E-state index in [1.165, 1.54) is 32.1 Å². The average molecular weight is 230 g/mol. The first kappa shape index (κ1) is 10.7. The normalized spacial score (nSPS) is 18.6. The summed E-state index contributed by atoms with van der Waals surface area (Å²) in [6, 6.07) is 0.632. The Bertz CT molecular complexity index is 295. The van der Waals surface area contributed by atoms with E-state index in [1.54, 1.807) is 0 Å². The molecular weight excluding hydrogens is 214 g/mol. The first-order chi connectivity index (χ1) is 7.40. The summed E-state index contributed by atoms with van der Waals surface area (Å²) in [7, 11) is 0. The van der Waals surface area contributed by atoms with Crippen molar-refractivity contribution in [2.24, 2.45) is 0 Å². The molecule has 0 aromatic carbocycles. The van der Waals surface area contributed by atoms with E-state index in [4.69, 9.17) is 16.0 Å². The van der Waals surface area contributed by atoms with Gasteiger partial charge in [-0.15, -0.1) is 16.7 Å². The predicted molar refractivity (Wildman–Crippen MR) is 59.2 cm³/mol. The van der Waals surface area contributed by atoms with Gasteiger partial charge in [-0.05, 0) is 12.8 Å². The van der Waals surface area contributed by atoms with Gasteiger partial charge < -0.3 is 9.32 Å². The van der Waals surface area contributed by atoms with Crippen LogP contribution in [0.15, 0.2) is 4.42 Å². The maximum absolute atomic E-state index is 5.62. The Labute approximate surface area is 94.6 Å². The van der Waals surface area contributed by atoms with Crippen LogP contribution in [0.1, 0.15) is 38.0 Å². The molecule has 0 aliphatic carbocycles. The van der Waals surface area contributed by atoms with Crippen LogP contribution in [0.2, 0.25) is 0 Å². The summed E-state index contributed by atoms with van der Waals surface area (Å²) in [5.41, 5.74) is 0. The summed E-state index contributed by atoms with van der Waals surface area (Å²) in [4.78, 5) is 2.17. The number of nitrogens with zero attached hydrogens (tertiary/aromatic N) is 3. The Morgan fingerprint density at radius 3 is 2.33 bits per heavy atom. The smallest absolute Gasteiger partial charge is 0.318 e. The van der Waals surface area contributed by atoms with Crippen LogP contribution < -0.4 is 4.90 Å². The highest BCUT2D eigenvalue weighted by Crippen LogP contribution is 2.18. The Balaban J connectivity index is 2.00. The van der Waals surface area contributed by atoms with Crippen molar-refractivity contribution in [2.75, 3.05) is 18.0 Å². The van der Waals surface area contributed by atoms with Gasteiger partial charge in [-0.25, -0.2) is 0 Å². The molecule has 4 nitrogen and oxygen atoms in total. The number of hydrogen-bond acceptors (Lipinski definition) is 4. The van der Waals surface area contributed by atoms with E-state index in [1.807, 2.05) is 0 Å². The predicted octanol–water partition coefficient (Wildman–Crippen LogP) is 2.58. The van der Waals surface area contributed by atoms with Crippen molar-refractivity contribution in [2.45, 2.75) is 38.0 Å². The van der Waals surface area contributed by atoms with Gasteiger partial charge in [0, 0.05) is 13.1 Å². The number of anilines is 1. The fourth-order valence-electron chi connectivity index (χ4n) is 1.87. The van der Waals surface area contributed by atoms with Gasteiger partial charge in [0.2, 0.25) is 5.89 Å². The number of alkyl halides is 1. The van der Waals surface area contributed by atoms with Crippen molar-refractivity contribution in [1.82, 2.24) is 10.2 Å². The molecule has 1 saturated heterocycles. The molecule has 1 aromatic rings. The highest BCUT2D eigenvalue weighted by molar-refractivity contribution is 6.16. The lowest BCUT2D eigenvalue weighted by Crippen LogP contribution is -2.27. The first-order valence-electron chi connectivity index (χ1n) is 5.53. The van der Waals surface area contributed by atoms with Gasteiger partial charge >= 0.3 is 6.01 Å². The van der Waals surface area contributed by atoms with Crippen LogP contribution in [-0.2, 0) is 5.88 Å². The van der Waals surface area contributed by atoms with Crippen molar-refractivity contribution in [3.63, 3.8) is 0 Å². The van der Waals surface area contributed by atoms with Gasteiger partial charge in [0.1, 0.15) is 5.88 Å². The fourth-order valence-corrected chi connectivity index (χ4v) is 1.97. The summed E-state index contributed by atoms with van der Waals surface area (Å²) < 4.78 is 5.44. The minimum atomic E-state index is 0.292. The summed E-state index contributed by atoms with van der Waals surface area (Å²) in [5.74, 6) is 0.801. The Morgan fingerprint density at radius 2 is 1.73 bits per heavy atom. The largest absolute Gasteiger partial charge is 0.407 e. The number of halogens is 1. The second-order valence-electron chi connectivity index (χ2n) is 3.87. The molecule has 0 spiro atoms. The van der Waals surface area contributed by atoms with Crippen LogP contribution in [0.5, 0.6) is 0 Å². The van der Waals surface area contributed by atoms with E-state index in [-0.39, 0.29) is 0 Å². The SMILES string of the molecule is ClCc1nnc(N2CCCCCCC2)o1. The van der Waals surface area contributed by atoms with E-state index in [0.29, 0.717) is 17.8 Å². The van der Waals surface area contributed by atoms with E-state index in [0.717, 1.165) is 13.1 Å². The van der Waals surface area contributed by atoms with Crippen LogP contribution in [0.25, 0.3) is 0 Å². The van der Waals surface area contributed by atoms with Gasteiger partial charge in [-0.2, -0.15) is 0 Å². The third-order valence-electron chi connectivity index (χ3n) is 2.70. The molecule has 2 heterocycles. The molecule has 0 radical (unpaired) electrons. The summed E-state index contributed by atoms with van der Waals surface area (Å²) in [5, 5.41) is 7.88. The van der Waals surface area contributed by atoms with E-state index in [9.17, 15) is 0 Å². The standard InChI is InChI=1S/C10H16ClN3O/c11-8-9-12-13-10(15-9)14-6-4-2-1-3-5-7-14/h1-8H2. The molecule has 0 amide bonds. The van der Waals surface area contributed by atoms with Crippen LogP contribution in [0.4, 0.5) is 6.01 Å². The highest BCUT2D eigenvalue weighted by Gasteiger charge is 2.14. The maximum Gasteiger partial charge on any atom is 0.318 e. The number of aromatic nitrogens is 2. The zero-order chi connectivity index (χ0) is 10.5. The zero-order valence-corrected chi connectivity index (χ0v) is 9.54. The molecule has 2 rings (SSSR count). The Kier molecular flexibility index (Phi) is 3.83. The lowest BCUT2D eigenvalue weighted by molar-refractivity contribution is 0.474. The molecule has 5 heteroatoms.